The molecule has 0 bridgehead atoms. The van der Waals surface area contributed by atoms with E-state index in [9.17, 15) is 13.2 Å². The van der Waals surface area contributed by atoms with E-state index in [1.165, 1.54) is 0 Å². The van der Waals surface area contributed by atoms with Crippen molar-refractivity contribution < 1.29 is 13.2 Å². The van der Waals surface area contributed by atoms with Gasteiger partial charge in [0.2, 0.25) is 15.9 Å². The number of aryl methyl sites for hydroxylation is 1. The molecule has 0 heterocycles. The van der Waals surface area contributed by atoms with Crippen LogP contribution in [0.2, 0.25) is 0 Å². The van der Waals surface area contributed by atoms with Gasteiger partial charge in [-0.2, -0.15) is 0 Å². The van der Waals surface area contributed by atoms with Crippen molar-refractivity contribution >= 4 is 39.7 Å². The zero-order valence-corrected chi connectivity index (χ0v) is 13.1. The molecule has 8 heteroatoms. The largest absolute Gasteiger partial charge is 0.330 e. The molecule has 0 aliphatic heterocycles. The molecule has 20 heavy (non-hydrogen) atoms. The Labute approximate surface area is 125 Å². The number of hydrogen-bond acceptors (Lipinski definition) is 4. The minimum atomic E-state index is -3.29. The van der Waals surface area contributed by atoms with Crippen molar-refractivity contribution in [2.45, 2.75) is 20.3 Å². The molecule has 6 nitrogen and oxygen atoms in total. The molecule has 1 aromatic carbocycles. The maximum absolute atomic E-state index is 11.5. The standard InChI is InChI=1S/C12H19N3O3S.ClH/c1-3-19(17,18)15-11-5-4-10(8-9(11)2)14-12(16)6-7-13;/h4-5,8,15H,3,6-7,13H2,1-2H3,(H,14,16);1H. The molecule has 0 aliphatic carbocycles. The lowest BCUT2D eigenvalue weighted by atomic mass is 10.2. The van der Waals surface area contributed by atoms with Crippen LogP contribution in [0, 0.1) is 6.92 Å². The smallest absolute Gasteiger partial charge is 0.232 e. The van der Waals surface area contributed by atoms with E-state index in [2.05, 4.69) is 10.0 Å². The fourth-order valence-corrected chi connectivity index (χ4v) is 2.16. The summed E-state index contributed by atoms with van der Waals surface area (Å²) in [5.41, 5.74) is 7.16. The first-order chi connectivity index (χ1) is 8.88. The van der Waals surface area contributed by atoms with E-state index in [0.29, 0.717) is 17.9 Å². The molecule has 114 valence electrons. The molecular weight excluding hydrogens is 302 g/mol. The summed E-state index contributed by atoms with van der Waals surface area (Å²) in [5, 5.41) is 2.69. The van der Waals surface area contributed by atoms with Gasteiger partial charge in [0.05, 0.1) is 11.4 Å². The van der Waals surface area contributed by atoms with Gasteiger partial charge in [-0.05, 0) is 37.6 Å². The fourth-order valence-electron chi connectivity index (χ4n) is 1.45. The summed E-state index contributed by atoms with van der Waals surface area (Å²) in [6.07, 6.45) is 0.253. The Kier molecular flexibility index (Phi) is 7.55. The second-order valence-corrected chi connectivity index (χ2v) is 6.13. The van der Waals surface area contributed by atoms with Gasteiger partial charge in [-0.1, -0.05) is 0 Å². The Bertz CT molecular complexity index is 561. The van der Waals surface area contributed by atoms with Gasteiger partial charge in [-0.15, -0.1) is 12.4 Å². The Balaban J connectivity index is 0.00000361. The molecule has 0 atom stereocenters. The summed E-state index contributed by atoms with van der Waals surface area (Å²) < 4.78 is 25.4. The van der Waals surface area contributed by atoms with Gasteiger partial charge in [0.15, 0.2) is 0 Å². The molecule has 0 radical (unpaired) electrons. The lowest BCUT2D eigenvalue weighted by Gasteiger charge is -2.11. The Morgan fingerprint density at radius 1 is 1.35 bits per heavy atom. The first-order valence-corrected chi connectivity index (χ1v) is 7.64. The predicted molar refractivity (Wildman–Crippen MR) is 83.8 cm³/mol. The molecule has 0 fully saturated rings. The number of amides is 1. The van der Waals surface area contributed by atoms with Gasteiger partial charge in [0, 0.05) is 18.7 Å². The Hall–Kier alpha value is -1.31. The highest BCUT2D eigenvalue weighted by molar-refractivity contribution is 7.92. The molecule has 1 amide bonds. The highest BCUT2D eigenvalue weighted by Crippen LogP contribution is 2.20. The highest BCUT2D eigenvalue weighted by Gasteiger charge is 2.09. The van der Waals surface area contributed by atoms with E-state index in [-0.39, 0.29) is 30.5 Å². The quantitative estimate of drug-likeness (QED) is 0.738. The first kappa shape index (κ1) is 18.7. The van der Waals surface area contributed by atoms with Crippen LogP contribution in [0.15, 0.2) is 18.2 Å². The fraction of sp³-hybridized carbons (Fsp3) is 0.417. The summed E-state index contributed by atoms with van der Waals surface area (Å²) in [7, 11) is -3.29. The van der Waals surface area contributed by atoms with Gasteiger partial charge < -0.3 is 11.1 Å². The molecule has 0 aromatic heterocycles. The number of hydrogen-bond donors (Lipinski definition) is 3. The molecule has 1 rings (SSSR count). The average molecular weight is 322 g/mol. The van der Waals surface area contributed by atoms with Crippen molar-refractivity contribution in [3.63, 3.8) is 0 Å². The number of nitrogens with one attached hydrogen (secondary N) is 2. The number of carbonyl (C=O) groups excluding carboxylic acids is 1. The van der Waals surface area contributed by atoms with Crippen LogP contribution in [-0.4, -0.2) is 26.6 Å². The van der Waals surface area contributed by atoms with Crippen LogP contribution in [0.5, 0.6) is 0 Å². The van der Waals surface area contributed by atoms with Crippen LogP contribution in [0.25, 0.3) is 0 Å². The van der Waals surface area contributed by atoms with E-state index in [4.69, 9.17) is 5.73 Å². The number of nitrogens with two attached hydrogens (primary N) is 1. The summed E-state index contributed by atoms with van der Waals surface area (Å²) >= 11 is 0. The number of halogens is 1. The first-order valence-electron chi connectivity index (χ1n) is 5.99. The molecule has 0 saturated heterocycles. The van der Waals surface area contributed by atoms with Crippen molar-refractivity contribution in [1.29, 1.82) is 0 Å². The van der Waals surface area contributed by atoms with Gasteiger partial charge in [-0.3, -0.25) is 9.52 Å². The zero-order valence-electron chi connectivity index (χ0n) is 11.5. The van der Waals surface area contributed by atoms with E-state index < -0.39 is 10.0 Å². The summed E-state index contributed by atoms with van der Waals surface area (Å²) in [6.45, 7) is 3.63. The SMILES string of the molecule is CCS(=O)(=O)Nc1ccc(NC(=O)CCN)cc1C.Cl. The second-order valence-electron chi connectivity index (χ2n) is 4.12. The lowest BCUT2D eigenvalue weighted by molar-refractivity contribution is -0.116. The number of benzene rings is 1. The van der Waals surface area contributed by atoms with Gasteiger partial charge in [0.25, 0.3) is 0 Å². The zero-order chi connectivity index (χ0) is 14.5. The van der Waals surface area contributed by atoms with Crippen LogP contribution in [0.3, 0.4) is 0 Å². The Morgan fingerprint density at radius 2 is 2.00 bits per heavy atom. The molecule has 0 spiro atoms. The molecule has 0 aliphatic rings. The average Bonchev–Trinajstić information content (AvgIpc) is 2.33. The van der Waals surface area contributed by atoms with Crippen molar-refractivity contribution in [3.8, 4) is 0 Å². The van der Waals surface area contributed by atoms with Crippen molar-refractivity contribution in [2.24, 2.45) is 5.73 Å². The normalized spacial score (nSPS) is 10.6. The predicted octanol–water partition coefficient (Wildman–Crippen LogP) is 1.47. The van der Waals surface area contributed by atoms with Crippen LogP contribution in [0.4, 0.5) is 11.4 Å². The number of carbonyl (C=O) groups is 1. The molecule has 1 aromatic rings. The number of sulfonamides is 1. The van der Waals surface area contributed by atoms with Crippen molar-refractivity contribution in [3.05, 3.63) is 23.8 Å². The molecular formula is C12H20ClN3O3S. The van der Waals surface area contributed by atoms with Gasteiger partial charge in [0.1, 0.15) is 0 Å². The maximum Gasteiger partial charge on any atom is 0.232 e. The third kappa shape index (κ3) is 5.77. The van der Waals surface area contributed by atoms with E-state index in [1.807, 2.05) is 0 Å². The van der Waals surface area contributed by atoms with E-state index >= 15 is 0 Å². The molecule has 4 N–H and O–H groups in total. The van der Waals surface area contributed by atoms with Gasteiger partial charge in [-0.25, -0.2) is 8.42 Å². The van der Waals surface area contributed by atoms with Gasteiger partial charge >= 0.3 is 0 Å². The number of rotatable bonds is 6. The summed E-state index contributed by atoms with van der Waals surface area (Å²) in [4.78, 5) is 11.4. The lowest BCUT2D eigenvalue weighted by Crippen LogP contribution is -2.17. The topological polar surface area (TPSA) is 101 Å². The van der Waals surface area contributed by atoms with Crippen LogP contribution < -0.4 is 15.8 Å². The van der Waals surface area contributed by atoms with Crippen molar-refractivity contribution in [2.75, 3.05) is 22.3 Å². The highest BCUT2D eigenvalue weighted by atomic mass is 35.5. The van der Waals surface area contributed by atoms with Crippen molar-refractivity contribution in [1.82, 2.24) is 0 Å². The second kappa shape index (κ2) is 8.08. The van der Waals surface area contributed by atoms with Crippen LogP contribution >= 0.6 is 12.4 Å². The van der Waals surface area contributed by atoms with Crippen LogP contribution in [-0.2, 0) is 14.8 Å². The molecule has 0 unspecified atom stereocenters. The van der Waals surface area contributed by atoms with Crippen LogP contribution in [0.1, 0.15) is 18.9 Å². The maximum atomic E-state index is 11.5. The number of anilines is 2. The third-order valence-electron chi connectivity index (χ3n) is 2.53. The Morgan fingerprint density at radius 3 is 2.50 bits per heavy atom. The summed E-state index contributed by atoms with van der Waals surface area (Å²) in [6, 6.07) is 4.98. The van der Waals surface area contributed by atoms with E-state index in [0.717, 1.165) is 5.56 Å². The van der Waals surface area contributed by atoms with E-state index in [1.54, 1.807) is 32.0 Å². The minimum Gasteiger partial charge on any atom is -0.330 e. The summed E-state index contributed by atoms with van der Waals surface area (Å²) in [5.74, 6) is -0.148. The monoisotopic (exact) mass is 321 g/mol. The third-order valence-corrected chi connectivity index (χ3v) is 3.82. The minimum absolute atomic E-state index is 0. The molecule has 0 saturated carbocycles.